The molecule has 0 atom stereocenters. The molecule has 1 rings (SSSR count). The number of carboxylic acid groups (broad SMARTS) is 1. The first kappa shape index (κ1) is 11.2. The van der Waals surface area contributed by atoms with E-state index in [-0.39, 0.29) is 18.9 Å². The number of hydrogen-bond donors (Lipinski definition) is 2. The maximum absolute atomic E-state index is 11.7. The molecular formula is C9H13N3O3. The van der Waals surface area contributed by atoms with Gasteiger partial charge in [-0.05, 0) is 6.92 Å². The second-order valence-electron chi connectivity index (χ2n) is 2.99. The lowest BCUT2D eigenvalue weighted by Gasteiger charge is -2.18. The summed E-state index contributed by atoms with van der Waals surface area (Å²) in [5.74, 6) is -1.14. The average Bonchev–Trinajstić information content (AvgIpc) is 2.70. The van der Waals surface area contributed by atoms with Gasteiger partial charge >= 0.3 is 5.97 Å². The topological polar surface area (TPSA) is 86.3 Å². The molecule has 0 saturated carbocycles. The third-order valence-electron chi connectivity index (χ3n) is 1.99. The lowest BCUT2D eigenvalue weighted by molar-refractivity contribution is -0.137. The Labute approximate surface area is 86.9 Å². The summed E-state index contributed by atoms with van der Waals surface area (Å²) in [7, 11) is 0. The van der Waals surface area contributed by atoms with Gasteiger partial charge in [-0.1, -0.05) is 0 Å². The molecule has 0 unspecified atom stereocenters. The van der Waals surface area contributed by atoms with Crippen molar-refractivity contribution in [2.24, 2.45) is 0 Å². The SMILES string of the molecule is CCN(CCC(=O)O)C(=O)c1cnc[nH]1. The Bertz CT molecular complexity index is 334. The predicted octanol–water partition coefficient (Wildman–Crippen LogP) is 0.346. The van der Waals surface area contributed by atoms with Crippen LogP contribution in [0, 0.1) is 0 Å². The van der Waals surface area contributed by atoms with Gasteiger partial charge in [0.1, 0.15) is 5.69 Å². The Morgan fingerprint density at radius 2 is 2.33 bits per heavy atom. The van der Waals surface area contributed by atoms with Crippen LogP contribution < -0.4 is 0 Å². The number of H-pyrrole nitrogens is 1. The summed E-state index contributed by atoms with van der Waals surface area (Å²) in [4.78, 5) is 30.0. The van der Waals surface area contributed by atoms with E-state index < -0.39 is 5.97 Å². The maximum atomic E-state index is 11.7. The van der Waals surface area contributed by atoms with Crippen molar-refractivity contribution in [2.45, 2.75) is 13.3 Å². The van der Waals surface area contributed by atoms with Crippen molar-refractivity contribution in [2.75, 3.05) is 13.1 Å². The van der Waals surface area contributed by atoms with Gasteiger partial charge in [0.2, 0.25) is 0 Å². The highest BCUT2D eigenvalue weighted by atomic mass is 16.4. The van der Waals surface area contributed by atoms with E-state index >= 15 is 0 Å². The first-order chi connectivity index (χ1) is 7.15. The fourth-order valence-corrected chi connectivity index (χ4v) is 1.18. The number of aliphatic carboxylic acids is 1. The number of nitrogens with zero attached hydrogens (tertiary/aromatic N) is 2. The second kappa shape index (κ2) is 5.14. The van der Waals surface area contributed by atoms with E-state index in [9.17, 15) is 9.59 Å². The molecular weight excluding hydrogens is 198 g/mol. The zero-order chi connectivity index (χ0) is 11.3. The smallest absolute Gasteiger partial charge is 0.305 e. The number of carbonyl (C=O) groups excluding carboxylic acids is 1. The van der Waals surface area contributed by atoms with Gasteiger partial charge in [0.15, 0.2) is 0 Å². The van der Waals surface area contributed by atoms with Crippen molar-refractivity contribution in [3.05, 3.63) is 18.2 Å². The number of rotatable bonds is 5. The normalized spacial score (nSPS) is 9.93. The zero-order valence-electron chi connectivity index (χ0n) is 8.43. The lowest BCUT2D eigenvalue weighted by atomic mass is 10.3. The molecule has 1 amide bonds. The van der Waals surface area contributed by atoms with E-state index in [1.165, 1.54) is 17.4 Å². The van der Waals surface area contributed by atoms with Crippen molar-refractivity contribution in [3.8, 4) is 0 Å². The van der Waals surface area contributed by atoms with Gasteiger partial charge in [-0.25, -0.2) is 4.98 Å². The highest BCUT2D eigenvalue weighted by molar-refractivity contribution is 5.92. The van der Waals surface area contributed by atoms with Gasteiger partial charge in [0.25, 0.3) is 5.91 Å². The van der Waals surface area contributed by atoms with Crippen molar-refractivity contribution in [1.29, 1.82) is 0 Å². The summed E-state index contributed by atoms with van der Waals surface area (Å²) in [6.07, 6.45) is 2.79. The molecule has 0 saturated heterocycles. The van der Waals surface area contributed by atoms with Gasteiger partial charge < -0.3 is 15.0 Å². The number of aromatic amines is 1. The molecule has 0 aliphatic rings. The summed E-state index contributed by atoms with van der Waals surface area (Å²) >= 11 is 0. The summed E-state index contributed by atoms with van der Waals surface area (Å²) in [5, 5.41) is 8.51. The molecule has 2 N–H and O–H groups in total. The summed E-state index contributed by atoms with van der Waals surface area (Å²) in [6.45, 7) is 2.49. The van der Waals surface area contributed by atoms with E-state index in [1.807, 2.05) is 0 Å². The van der Waals surface area contributed by atoms with Crippen LogP contribution >= 0.6 is 0 Å². The standard InChI is InChI=1S/C9H13N3O3/c1-2-12(4-3-8(13)14)9(15)7-5-10-6-11-7/h5-6H,2-4H2,1H3,(H,10,11)(H,13,14). The van der Waals surface area contributed by atoms with E-state index in [0.29, 0.717) is 12.2 Å². The molecule has 0 fully saturated rings. The maximum Gasteiger partial charge on any atom is 0.305 e. The Kier molecular flexibility index (Phi) is 3.84. The molecule has 0 radical (unpaired) electrons. The van der Waals surface area contributed by atoms with Gasteiger partial charge in [-0.15, -0.1) is 0 Å². The van der Waals surface area contributed by atoms with Crippen LogP contribution in [-0.2, 0) is 4.79 Å². The second-order valence-corrected chi connectivity index (χ2v) is 2.99. The van der Waals surface area contributed by atoms with Crippen LogP contribution in [0.5, 0.6) is 0 Å². The van der Waals surface area contributed by atoms with Crippen LogP contribution in [0.25, 0.3) is 0 Å². The number of nitrogens with one attached hydrogen (secondary N) is 1. The molecule has 6 heteroatoms. The fraction of sp³-hybridized carbons (Fsp3) is 0.444. The highest BCUT2D eigenvalue weighted by Crippen LogP contribution is 2.01. The first-order valence-corrected chi connectivity index (χ1v) is 4.64. The van der Waals surface area contributed by atoms with Crippen LogP contribution in [0.15, 0.2) is 12.5 Å². The van der Waals surface area contributed by atoms with E-state index in [0.717, 1.165) is 0 Å². The number of carboxylic acids is 1. The molecule has 0 aromatic carbocycles. The van der Waals surface area contributed by atoms with Crippen molar-refractivity contribution in [3.63, 3.8) is 0 Å². The Balaban J connectivity index is 2.59. The van der Waals surface area contributed by atoms with Crippen LogP contribution in [0.3, 0.4) is 0 Å². The molecule has 6 nitrogen and oxygen atoms in total. The van der Waals surface area contributed by atoms with Gasteiger partial charge in [0, 0.05) is 13.1 Å². The number of aromatic nitrogens is 2. The highest BCUT2D eigenvalue weighted by Gasteiger charge is 2.15. The molecule has 0 aliphatic carbocycles. The minimum absolute atomic E-state index is 0.0479. The third-order valence-corrected chi connectivity index (χ3v) is 1.99. The zero-order valence-corrected chi connectivity index (χ0v) is 8.43. The lowest BCUT2D eigenvalue weighted by Crippen LogP contribution is -2.33. The molecule has 1 heterocycles. The quantitative estimate of drug-likeness (QED) is 0.735. The largest absolute Gasteiger partial charge is 0.481 e. The number of imidazole rings is 1. The molecule has 0 bridgehead atoms. The summed E-state index contributed by atoms with van der Waals surface area (Å²) < 4.78 is 0. The predicted molar refractivity (Wildman–Crippen MR) is 52.4 cm³/mol. The van der Waals surface area contributed by atoms with Crippen LogP contribution in [0.1, 0.15) is 23.8 Å². The Morgan fingerprint density at radius 1 is 1.60 bits per heavy atom. The fourth-order valence-electron chi connectivity index (χ4n) is 1.18. The minimum atomic E-state index is -0.911. The molecule has 0 aliphatic heterocycles. The van der Waals surface area contributed by atoms with Crippen molar-refractivity contribution in [1.82, 2.24) is 14.9 Å². The number of carbonyl (C=O) groups is 2. The molecule has 1 aromatic heterocycles. The summed E-state index contributed by atoms with van der Waals surface area (Å²) in [5.41, 5.74) is 0.377. The Hall–Kier alpha value is -1.85. The van der Waals surface area contributed by atoms with Crippen molar-refractivity contribution < 1.29 is 14.7 Å². The average molecular weight is 211 g/mol. The van der Waals surface area contributed by atoms with Crippen LogP contribution in [-0.4, -0.2) is 44.9 Å². The van der Waals surface area contributed by atoms with Gasteiger partial charge in [-0.2, -0.15) is 0 Å². The van der Waals surface area contributed by atoms with Crippen molar-refractivity contribution >= 4 is 11.9 Å². The van der Waals surface area contributed by atoms with E-state index in [2.05, 4.69) is 9.97 Å². The molecule has 0 spiro atoms. The molecule has 15 heavy (non-hydrogen) atoms. The van der Waals surface area contributed by atoms with Crippen LogP contribution in [0.4, 0.5) is 0 Å². The van der Waals surface area contributed by atoms with Crippen LogP contribution in [0.2, 0.25) is 0 Å². The minimum Gasteiger partial charge on any atom is -0.481 e. The van der Waals surface area contributed by atoms with Gasteiger partial charge in [0.05, 0.1) is 18.9 Å². The van der Waals surface area contributed by atoms with E-state index in [4.69, 9.17) is 5.11 Å². The van der Waals surface area contributed by atoms with E-state index in [1.54, 1.807) is 6.92 Å². The number of amides is 1. The monoisotopic (exact) mass is 211 g/mol. The third kappa shape index (κ3) is 3.08. The Morgan fingerprint density at radius 3 is 2.80 bits per heavy atom. The molecule has 1 aromatic rings. The summed E-state index contributed by atoms with van der Waals surface area (Å²) in [6, 6.07) is 0. The molecule has 82 valence electrons. The van der Waals surface area contributed by atoms with Gasteiger partial charge in [-0.3, -0.25) is 9.59 Å². The number of hydrogen-bond acceptors (Lipinski definition) is 3. The first-order valence-electron chi connectivity index (χ1n) is 4.64.